The second-order valence-electron chi connectivity index (χ2n) is 4.58. The summed E-state index contributed by atoms with van der Waals surface area (Å²) in [5, 5.41) is 9.78. The molecule has 3 N–H and O–H groups in total. The van der Waals surface area contributed by atoms with Crippen LogP contribution in [-0.2, 0) is 11.2 Å². The van der Waals surface area contributed by atoms with Crippen LogP contribution < -0.4 is 5.73 Å². The Hall–Kier alpha value is -1.06. The second kappa shape index (κ2) is 7.39. The first-order valence-electron chi connectivity index (χ1n) is 6.24. The molecule has 100 valence electrons. The first kappa shape index (κ1) is 15.0. The molecule has 2 atom stereocenters. The Kier molecular flexibility index (Phi) is 6.16. The van der Waals surface area contributed by atoms with Crippen molar-refractivity contribution in [2.75, 3.05) is 6.54 Å². The van der Waals surface area contributed by atoms with Gasteiger partial charge in [-0.15, -0.1) is 0 Å². The largest absolute Gasteiger partial charge is 0.481 e. The van der Waals surface area contributed by atoms with E-state index in [4.69, 9.17) is 22.4 Å². The quantitative estimate of drug-likeness (QED) is 0.800. The van der Waals surface area contributed by atoms with Crippen molar-refractivity contribution in [3.05, 3.63) is 34.9 Å². The third kappa shape index (κ3) is 4.31. The van der Waals surface area contributed by atoms with Gasteiger partial charge in [0, 0.05) is 11.6 Å². The van der Waals surface area contributed by atoms with Crippen LogP contribution in [0.2, 0.25) is 5.02 Å². The molecule has 18 heavy (non-hydrogen) atoms. The molecular weight excluding hydrogens is 250 g/mol. The Morgan fingerprint density at radius 3 is 2.61 bits per heavy atom. The Morgan fingerprint density at radius 1 is 1.44 bits per heavy atom. The zero-order valence-corrected chi connectivity index (χ0v) is 11.4. The first-order chi connectivity index (χ1) is 8.58. The van der Waals surface area contributed by atoms with Gasteiger partial charge in [0.1, 0.15) is 0 Å². The van der Waals surface area contributed by atoms with E-state index in [0.29, 0.717) is 12.3 Å². The van der Waals surface area contributed by atoms with Gasteiger partial charge in [0.25, 0.3) is 0 Å². The molecule has 0 aromatic heterocycles. The van der Waals surface area contributed by atoms with E-state index in [1.54, 1.807) is 0 Å². The van der Waals surface area contributed by atoms with Crippen LogP contribution in [0.3, 0.4) is 0 Å². The molecule has 2 unspecified atom stereocenters. The highest BCUT2D eigenvalue weighted by atomic mass is 35.5. The Morgan fingerprint density at radius 2 is 2.11 bits per heavy atom. The van der Waals surface area contributed by atoms with Gasteiger partial charge in [-0.3, -0.25) is 4.79 Å². The number of halogens is 1. The molecule has 0 aliphatic carbocycles. The average molecular weight is 270 g/mol. The van der Waals surface area contributed by atoms with E-state index in [1.165, 1.54) is 0 Å². The number of hydrogen-bond acceptors (Lipinski definition) is 2. The lowest BCUT2D eigenvalue weighted by Gasteiger charge is -2.19. The number of aliphatic carboxylic acids is 1. The van der Waals surface area contributed by atoms with E-state index >= 15 is 0 Å². The zero-order valence-electron chi connectivity index (χ0n) is 10.6. The molecule has 0 saturated carbocycles. The van der Waals surface area contributed by atoms with Crippen LogP contribution in [0.25, 0.3) is 0 Å². The van der Waals surface area contributed by atoms with E-state index in [1.807, 2.05) is 24.3 Å². The second-order valence-corrected chi connectivity index (χ2v) is 4.98. The van der Waals surface area contributed by atoms with Crippen LogP contribution in [0, 0.1) is 11.8 Å². The molecule has 0 bridgehead atoms. The standard InChI is InChI=1S/C14H20ClNO2/c1-2-10(8-12(9-16)14(17)18)7-11-5-3-4-6-13(11)15/h3-6,10,12H,2,7-9,16H2,1H3,(H,17,18). The van der Waals surface area contributed by atoms with Crippen molar-refractivity contribution >= 4 is 17.6 Å². The lowest BCUT2D eigenvalue weighted by molar-refractivity contribution is -0.142. The number of carbonyl (C=O) groups is 1. The van der Waals surface area contributed by atoms with Gasteiger partial charge in [0.2, 0.25) is 0 Å². The highest BCUT2D eigenvalue weighted by Crippen LogP contribution is 2.24. The summed E-state index contributed by atoms with van der Waals surface area (Å²) >= 11 is 6.12. The lowest BCUT2D eigenvalue weighted by Crippen LogP contribution is -2.26. The third-order valence-electron chi connectivity index (χ3n) is 3.30. The molecule has 0 amide bonds. The summed E-state index contributed by atoms with van der Waals surface area (Å²) in [4.78, 5) is 11.0. The number of rotatable bonds is 7. The summed E-state index contributed by atoms with van der Waals surface area (Å²) in [6.45, 7) is 2.26. The third-order valence-corrected chi connectivity index (χ3v) is 3.66. The fourth-order valence-electron chi connectivity index (χ4n) is 2.07. The van der Waals surface area contributed by atoms with Gasteiger partial charge in [-0.2, -0.15) is 0 Å². The number of carboxylic acid groups (broad SMARTS) is 1. The van der Waals surface area contributed by atoms with Gasteiger partial charge in [-0.25, -0.2) is 0 Å². The summed E-state index contributed by atoms with van der Waals surface area (Å²) in [6.07, 6.45) is 2.34. The van der Waals surface area contributed by atoms with Gasteiger partial charge in [0.15, 0.2) is 0 Å². The van der Waals surface area contributed by atoms with Crippen molar-refractivity contribution in [3.8, 4) is 0 Å². The van der Waals surface area contributed by atoms with E-state index in [9.17, 15) is 4.79 Å². The van der Waals surface area contributed by atoms with Crippen molar-refractivity contribution in [1.29, 1.82) is 0 Å². The molecule has 0 aliphatic rings. The normalized spacial score (nSPS) is 14.2. The number of benzene rings is 1. The first-order valence-corrected chi connectivity index (χ1v) is 6.62. The molecule has 0 saturated heterocycles. The van der Waals surface area contributed by atoms with Gasteiger partial charge >= 0.3 is 5.97 Å². The smallest absolute Gasteiger partial charge is 0.307 e. The molecule has 0 fully saturated rings. The minimum Gasteiger partial charge on any atom is -0.481 e. The average Bonchev–Trinajstić information content (AvgIpc) is 2.36. The lowest BCUT2D eigenvalue weighted by atomic mass is 9.87. The molecule has 1 rings (SSSR count). The Balaban J connectivity index is 2.68. The van der Waals surface area contributed by atoms with Crippen LogP contribution in [0.5, 0.6) is 0 Å². The van der Waals surface area contributed by atoms with E-state index in [-0.39, 0.29) is 6.54 Å². The van der Waals surface area contributed by atoms with E-state index < -0.39 is 11.9 Å². The highest BCUT2D eigenvalue weighted by Gasteiger charge is 2.21. The molecule has 0 spiro atoms. The zero-order chi connectivity index (χ0) is 13.5. The van der Waals surface area contributed by atoms with Crippen LogP contribution in [0.15, 0.2) is 24.3 Å². The van der Waals surface area contributed by atoms with Crippen LogP contribution in [0.4, 0.5) is 0 Å². The summed E-state index contributed by atoms with van der Waals surface area (Å²) in [5.74, 6) is -0.970. The highest BCUT2D eigenvalue weighted by molar-refractivity contribution is 6.31. The molecule has 1 aromatic rings. The number of hydrogen-bond donors (Lipinski definition) is 2. The van der Waals surface area contributed by atoms with Crippen molar-refractivity contribution in [2.24, 2.45) is 17.6 Å². The summed E-state index contributed by atoms with van der Waals surface area (Å²) in [7, 11) is 0. The van der Waals surface area contributed by atoms with Crippen LogP contribution >= 0.6 is 11.6 Å². The molecule has 3 nitrogen and oxygen atoms in total. The summed E-state index contributed by atoms with van der Waals surface area (Å²) in [6, 6.07) is 7.70. The molecule has 0 radical (unpaired) electrons. The van der Waals surface area contributed by atoms with Crippen molar-refractivity contribution in [2.45, 2.75) is 26.2 Å². The van der Waals surface area contributed by atoms with Gasteiger partial charge < -0.3 is 10.8 Å². The van der Waals surface area contributed by atoms with E-state index in [2.05, 4.69) is 6.92 Å². The van der Waals surface area contributed by atoms with Gasteiger partial charge in [-0.05, 0) is 30.4 Å². The molecule has 4 heteroatoms. The van der Waals surface area contributed by atoms with Gasteiger partial charge in [0.05, 0.1) is 5.92 Å². The summed E-state index contributed by atoms with van der Waals surface area (Å²) < 4.78 is 0. The minimum atomic E-state index is -0.810. The topological polar surface area (TPSA) is 63.3 Å². The Labute approximate surface area is 113 Å². The van der Waals surface area contributed by atoms with Crippen molar-refractivity contribution in [3.63, 3.8) is 0 Å². The number of carboxylic acids is 1. The fraction of sp³-hybridized carbons (Fsp3) is 0.500. The maximum atomic E-state index is 11.0. The molecule has 0 heterocycles. The molecule has 0 aliphatic heterocycles. The molecular formula is C14H20ClNO2. The van der Waals surface area contributed by atoms with Crippen molar-refractivity contribution in [1.82, 2.24) is 0 Å². The van der Waals surface area contributed by atoms with Gasteiger partial charge in [-0.1, -0.05) is 43.1 Å². The van der Waals surface area contributed by atoms with Crippen LogP contribution in [0.1, 0.15) is 25.3 Å². The van der Waals surface area contributed by atoms with Crippen LogP contribution in [-0.4, -0.2) is 17.6 Å². The SMILES string of the molecule is CCC(Cc1ccccc1Cl)CC(CN)C(=O)O. The predicted octanol–water partition coefficient (Wildman–Crippen LogP) is 2.96. The molecule has 1 aromatic carbocycles. The van der Waals surface area contributed by atoms with E-state index in [0.717, 1.165) is 23.4 Å². The fourth-order valence-corrected chi connectivity index (χ4v) is 2.28. The number of nitrogens with two attached hydrogens (primary N) is 1. The maximum Gasteiger partial charge on any atom is 0.307 e. The van der Waals surface area contributed by atoms with Crippen molar-refractivity contribution < 1.29 is 9.90 Å². The minimum absolute atomic E-state index is 0.189. The maximum absolute atomic E-state index is 11.0. The summed E-state index contributed by atoms with van der Waals surface area (Å²) in [5.41, 5.74) is 6.57. The Bertz CT molecular complexity index is 395. The predicted molar refractivity (Wildman–Crippen MR) is 73.7 cm³/mol. The monoisotopic (exact) mass is 269 g/mol.